The Morgan fingerprint density at radius 3 is 2.58 bits per heavy atom. The lowest BCUT2D eigenvalue weighted by molar-refractivity contribution is 0.171. The summed E-state index contributed by atoms with van der Waals surface area (Å²) >= 11 is 11.0. The monoisotopic (exact) mass is 211 g/mol. The average molecular weight is 212 g/mol. The van der Waals surface area contributed by atoms with Gasteiger partial charge in [0, 0.05) is 23.2 Å². The maximum absolute atomic E-state index is 9.03. The standard InChI is InChI=1S/C8H15Cl2NO/c1-6(3-7(2)12)11-5-8(10)4-9/h4,6-7,11-12H,3,5H2,1-2H3. The minimum atomic E-state index is -0.286. The summed E-state index contributed by atoms with van der Waals surface area (Å²) in [6.07, 6.45) is 0.429. The van der Waals surface area contributed by atoms with Gasteiger partial charge in [0.2, 0.25) is 0 Å². The molecule has 0 aliphatic heterocycles. The Bertz CT molecular complexity index is 148. The molecule has 72 valence electrons. The van der Waals surface area contributed by atoms with Crippen LogP contribution in [0.2, 0.25) is 0 Å². The summed E-state index contributed by atoms with van der Waals surface area (Å²) in [7, 11) is 0. The van der Waals surface area contributed by atoms with Crippen LogP contribution < -0.4 is 5.32 Å². The van der Waals surface area contributed by atoms with Crippen molar-refractivity contribution in [2.45, 2.75) is 32.4 Å². The number of hydrogen-bond acceptors (Lipinski definition) is 2. The van der Waals surface area contributed by atoms with Crippen LogP contribution in [0.3, 0.4) is 0 Å². The van der Waals surface area contributed by atoms with E-state index in [-0.39, 0.29) is 12.1 Å². The fourth-order valence-electron chi connectivity index (χ4n) is 0.905. The van der Waals surface area contributed by atoms with E-state index in [1.807, 2.05) is 6.92 Å². The molecule has 0 rings (SSSR count). The van der Waals surface area contributed by atoms with E-state index in [0.29, 0.717) is 18.0 Å². The maximum atomic E-state index is 9.03. The van der Waals surface area contributed by atoms with E-state index in [0.717, 1.165) is 0 Å². The van der Waals surface area contributed by atoms with Crippen molar-refractivity contribution in [2.75, 3.05) is 6.54 Å². The van der Waals surface area contributed by atoms with Gasteiger partial charge in [-0.25, -0.2) is 0 Å². The van der Waals surface area contributed by atoms with Crippen LogP contribution >= 0.6 is 23.2 Å². The van der Waals surface area contributed by atoms with E-state index in [1.54, 1.807) is 6.92 Å². The lowest BCUT2D eigenvalue weighted by atomic mass is 10.1. The first kappa shape index (κ1) is 12.2. The van der Waals surface area contributed by atoms with E-state index >= 15 is 0 Å². The third-order valence-electron chi connectivity index (χ3n) is 1.43. The molecule has 0 fully saturated rings. The Morgan fingerprint density at radius 2 is 2.17 bits per heavy atom. The predicted octanol–water partition coefficient (Wildman–Crippen LogP) is 2.05. The molecule has 0 heterocycles. The molecule has 2 unspecified atom stereocenters. The van der Waals surface area contributed by atoms with E-state index in [9.17, 15) is 0 Å². The van der Waals surface area contributed by atoms with Gasteiger partial charge in [-0.3, -0.25) is 0 Å². The van der Waals surface area contributed by atoms with E-state index in [2.05, 4.69) is 5.32 Å². The van der Waals surface area contributed by atoms with Crippen LogP contribution in [-0.4, -0.2) is 23.8 Å². The number of rotatable bonds is 5. The number of nitrogens with one attached hydrogen (secondary N) is 1. The molecule has 2 nitrogen and oxygen atoms in total. The molecule has 12 heavy (non-hydrogen) atoms. The highest BCUT2D eigenvalue weighted by molar-refractivity contribution is 6.36. The third-order valence-corrected chi connectivity index (χ3v) is 2.05. The molecule has 0 saturated heterocycles. The summed E-state index contributed by atoms with van der Waals surface area (Å²) in [6, 6.07) is 0.246. The molecule has 0 aromatic carbocycles. The number of aliphatic hydroxyl groups is 1. The van der Waals surface area contributed by atoms with Crippen molar-refractivity contribution in [1.29, 1.82) is 0 Å². The molecule has 0 amide bonds. The first-order chi connectivity index (χ1) is 5.56. The predicted molar refractivity (Wildman–Crippen MR) is 53.6 cm³/mol. The first-order valence-electron chi connectivity index (χ1n) is 3.92. The molecule has 0 aliphatic rings. The van der Waals surface area contributed by atoms with Crippen molar-refractivity contribution in [2.24, 2.45) is 0 Å². The van der Waals surface area contributed by atoms with Gasteiger partial charge in [-0.15, -0.1) is 0 Å². The Morgan fingerprint density at radius 1 is 1.58 bits per heavy atom. The summed E-state index contributed by atoms with van der Waals surface area (Å²) in [5.41, 5.74) is 1.34. The minimum Gasteiger partial charge on any atom is -0.393 e. The Hall–Kier alpha value is 0.240. The van der Waals surface area contributed by atoms with Crippen molar-refractivity contribution in [3.63, 3.8) is 0 Å². The molecular weight excluding hydrogens is 197 g/mol. The van der Waals surface area contributed by atoms with Gasteiger partial charge in [0.15, 0.2) is 0 Å². The molecule has 0 aromatic heterocycles. The van der Waals surface area contributed by atoms with Crippen LogP contribution in [0.5, 0.6) is 0 Å². The van der Waals surface area contributed by atoms with Crippen LogP contribution in [0, 0.1) is 0 Å². The molecule has 0 saturated carbocycles. The molecular formula is C8H15Cl2NO. The fourth-order valence-corrected chi connectivity index (χ4v) is 1.06. The van der Waals surface area contributed by atoms with Gasteiger partial charge >= 0.3 is 0 Å². The lowest BCUT2D eigenvalue weighted by Gasteiger charge is -2.14. The number of aliphatic hydroxyl groups excluding tert-OH is 1. The molecule has 2 N–H and O–H groups in total. The molecule has 4 heteroatoms. The molecule has 2 atom stereocenters. The van der Waals surface area contributed by atoms with Crippen molar-refractivity contribution >= 4 is 23.2 Å². The summed E-state index contributed by atoms with van der Waals surface area (Å²) in [5.74, 6) is 0. The van der Waals surface area contributed by atoms with E-state index < -0.39 is 0 Å². The van der Waals surface area contributed by atoms with Gasteiger partial charge in [-0.2, -0.15) is 0 Å². The molecule has 0 aromatic rings. The molecule has 0 bridgehead atoms. The number of hydrogen-bond donors (Lipinski definition) is 2. The molecule has 0 aliphatic carbocycles. The van der Waals surface area contributed by atoms with Gasteiger partial charge in [-0.1, -0.05) is 23.2 Å². The summed E-state index contributed by atoms with van der Waals surface area (Å²) < 4.78 is 0. The smallest absolute Gasteiger partial charge is 0.0526 e. The Labute approximate surface area is 83.6 Å². The second-order valence-corrected chi connectivity index (χ2v) is 3.63. The van der Waals surface area contributed by atoms with Crippen LogP contribution in [0.4, 0.5) is 0 Å². The zero-order chi connectivity index (χ0) is 9.56. The van der Waals surface area contributed by atoms with Crippen LogP contribution in [0.15, 0.2) is 10.6 Å². The third kappa shape index (κ3) is 6.92. The second-order valence-electron chi connectivity index (χ2n) is 2.92. The zero-order valence-corrected chi connectivity index (χ0v) is 8.86. The van der Waals surface area contributed by atoms with Crippen molar-refractivity contribution < 1.29 is 5.11 Å². The van der Waals surface area contributed by atoms with Gasteiger partial charge in [-0.05, 0) is 20.3 Å². The minimum absolute atomic E-state index is 0.246. The summed E-state index contributed by atoms with van der Waals surface area (Å²) in [6.45, 7) is 4.31. The van der Waals surface area contributed by atoms with E-state index in [4.69, 9.17) is 28.3 Å². The Balaban J connectivity index is 3.50. The van der Waals surface area contributed by atoms with Gasteiger partial charge in [0.25, 0.3) is 0 Å². The lowest BCUT2D eigenvalue weighted by Crippen LogP contribution is -2.30. The Kier molecular flexibility index (Phi) is 6.86. The van der Waals surface area contributed by atoms with E-state index in [1.165, 1.54) is 5.54 Å². The van der Waals surface area contributed by atoms with Crippen LogP contribution in [-0.2, 0) is 0 Å². The SMILES string of the molecule is CC(O)CC(C)NCC(Cl)=CCl. The van der Waals surface area contributed by atoms with Crippen molar-refractivity contribution in [3.8, 4) is 0 Å². The van der Waals surface area contributed by atoms with Crippen molar-refractivity contribution in [1.82, 2.24) is 5.32 Å². The highest BCUT2D eigenvalue weighted by Gasteiger charge is 2.04. The average Bonchev–Trinajstić information content (AvgIpc) is 1.99. The fraction of sp³-hybridized carbons (Fsp3) is 0.750. The van der Waals surface area contributed by atoms with Gasteiger partial charge < -0.3 is 10.4 Å². The maximum Gasteiger partial charge on any atom is 0.0526 e. The quantitative estimate of drug-likeness (QED) is 0.730. The largest absolute Gasteiger partial charge is 0.393 e. The van der Waals surface area contributed by atoms with Crippen LogP contribution in [0.1, 0.15) is 20.3 Å². The topological polar surface area (TPSA) is 32.3 Å². The highest BCUT2D eigenvalue weighted by atomic mass is 35.5. The zero-order valence-electron chi connectivity index (χ0n) is 7.35. The second kappa shape index (κ2) is 6.72. The normalized spacial score (nSPS) is 17.6. The number of halogens is 2. The highest BCUT2D eigenvalue weighted by Crippen LogP contribution is 2.03. The van der Waals surface area contributed by atoms with Gasteiger partial charge in [0.05, 0.1) is 6.10 Å². The summed E-state index contributed by atoms with van der Waals surface area (Å²) in [5, 5.41) is 12.7. The molecule has 0 radical (unpaired) electrons. The van der Waals surface area contributed by atoms with Crippen molar-refractivity contribution in [3.05, 3.63) is 10.6 Å². The molecule has 0 spiro atoms. The van der Waals surface area contributed by atoms with Crippen LogP contribution in [0.25, 0.3) is 0 Å². The summed E-state index contributed by atoms with van der Waals surface area (Å²) in [4.78, 5) is 0. The first-order valence-corrected chi connectivity index (χ1v) is 4.74. The van der Waals surface area contributed by atoms with Gasteiger partial charge in [0.1, 0.15) is 0 Å².